The van der Waals surface area contributed by atoms with Crippen molar-refractivity contribution in [2.24, 2.45) is 0 Å². The summed E-state index contributed by atoms with van der Waals surface area (Å²) in [6.45, 7) is 0. The largest absolute Gasteiger partial charge is 0.497 e. The smallest absolute Gasteiger partial charge is 0.270 e. The second-order valence-corrected chi connectivity index (χ2v) is 5.38. The number of H-pyrrole nitrogens is 1. The van der Waals surface area contributed by atoms with Gasteiger partial charge in [0.05, 0.1) is 17.1 Å². The topological polar surface area (TPSA) is 68.2 Å². The predicted octanol–water partition coefficient (Wildman–Crippen LogP) is 4.91. The Kier molecular flexibility index (Phi) is 4.04. The molecule has 2 aromatic carbocycles. The molecule has 3 aromatic rings. The maximum absolute atomic E-state index is 10.7. The summed E-state index contributed by atoms with van der Waals surface area (Å²) in [6, 6.07) is 12.2. The molecule has 1 heterocycles. The fraction of sp³-hybridized carbons (Fsp3) is 0.0588. The van der Waals surface area contributed by atoms with Crippen LogP contribution in [-0.2, 0) is 0 Å². The number of halogens is 1. The average Bonchev–Trinajstić information content (AvgIpc) is 2.95. The minimum absolute atomic E-state index is 0.0233. The van der Waals surface area contributed by atoms with Crippen molar-refractivity contribution >= 4 is 40.3 Å². The van der Waals surface area contributed by atoms with Crippen LogP contribution < -0.4 is 4.74 Å². The minimum Gasteiger partial charge on any atom is -0.497 e. The molecule has 23 heavy (non-hydrogen) atoms. The first-order valence-electron chi connectivity index (χ1n) is 6.85. The standard InChI is InChI=1S/C17H13ClN2O3/c1-23-15-6-7-17-12(9-15)8-13(19-17)4-2-11-3-5-14(20(21)22)10-16(11)18/h2-10,19H,1H3/b4-2+. The number of benzene rings is 2. The molecule has 116 valence electrons. The molecule has 0 atom stereocenters. The van der Waals surface area contributed by atoms with Crippen molar-refractivity contribution in [1.29, 1.82) is 0 Å². The number of nitrogens with one attached hydrogen (secondary N) is 1. The second kappa shape index (κ2) is 6.14. The van der Waals surface area contributed by atoms with Crippen molar-refractivity contribution in [2.75, 3.05) is 7.11 Å². The van der Waals surface area contributed by atoms with Crippen LogP contribution in [0.1, 0.15) is 11.3 Å². The monoisotopic (exact) mass is 328 g/mol. The molecule has 0 aliphatic heterocycles. The summed E-state index contributed by atoms with van der Waals surface area (Å²) < 4.78 is 5.20. The van der Waals surface area contributed by atoms with Crippen molar-refractivity contribution in [1.82, 2.24) is 4.98 Å². The Morgan fingerprint density at radius 2 is 2.00 bits per heavy atom. The summed E-state index contributed by atoms with van der Waals surface area (Å²) in [5.74, 6) is 0.797. The summed E-state index contributed by atoms with van der Waals surface area (Å²) in [4.78, 5) is 13.5. The van der Waals surface area contributed by atoms with Gasteiger partial charge in [0, 0.05) is 28.7 Å². The number of nitro groups is 1. The molecule has 1 N–H and O–H groups in total. The third-order valence-corrected chi connectivity index (χ3v) is 3.81. The number of hydrogen-bond donors (Lipinski definition) is 1. The first-order chi connectivity index (χ1) is 11.1. The molecule has 0 radical (unpaired) electrons. The maximum Gasteiger partial charge on any atom is 0.270 e. The van der Waals surface area contributed by atoms with Gasteiger partial charge in [0.1, 0.15) is 5.75 Å². The van der Waals surface area contributed by atoms with Crippen LogP contribution >= 0.6 is 11.6 Å². The van der Waals surface area contributed by atoms with E-state index in [2.05, 4.69) is 4.98 Å². The molecule has 1 aromatic heterocycles. The van der Waals surface area contributed by atoms with E-state index in [0.717, 1.165) is 22.3 Å². The molecule has 0 fully saturated rings. The fourth-order valence-corrected chi connectivity index (χ4v) is 2.53. The lowest BCUT2D eigenvalue weighted by Gasteiger charge is -1.98. The lowest BCUT2D eigenvalue weighted by atomic mass is 10.2. The predicted molar refractivity (Wildman–Crippen MR) is 91.9 cm³/mol. The number of nitrogens with zero attached hydrogens (tertiary/aromatic N) is 1. The highest BCUT2D eigenvalue weighted by molar-refractivity contribution is 6.32. The van der Waals surface area contributed by atoms with Crippen LogP contribution in [-0.4, -0.2) is 17.0 Å². The average molecular weight is 329 g/mol. The summed E-state index contributed by atoms with van der Waals surface area (Å²) >= 11 is 6.08. The van der Waals surface area contributed by atoms with Gasteiger partial charge < -0.3 is 9.72 Å². The van der Waals surface area contributed by atoms with Crippen molar-refractivity contribution < 1.29 is 9.66 Å². The molecule has 3 rings (SSSR count). The number of ether oxygens (including phenoxy) is 1. The molecule has 0 bridgehead atoms. The van der Waals surface area contributed by atoms with E-state index in [9.17, 15) is 10.1 Å². The zero-order valence-corrected chi connectivity index (χ0v) is 13.0. The van der Waals surface area contributed by atoms with Gasteiger partial charge in [-0.2, -0.15) is 0 Å². The highest BCUT2D eigenvalue weighted by Crippen LogP contribution is 2.25. The normalized spacial score (nSPS) is 11.2. The Balaban J connectivity index is 1.89. The summed E-state index contributed by atoms with van der Waals surface area (Å²) in [7, 11) is 1.63. The number of non-ortho nitro benzene ring substituents is 1. The zero-order valence-electron chi connectivity index (χ0n) is 12.2. The number of aromatic nitrogens is 1. The van der Waals surface area contributed by atoms with Crippen LogP contribution in [0, 0.1) is 10.1 Å². The molecule has 0 saturated carbocycles. The highest BCUT2D eigenvalue weighted by Gasteiger charge is 2.07. The van der Waals surface area contributed by atoms with Crippen LogP contribution in [0.3, 0.4) is 0 Å². The minimum atomic E-state index is -0.468. The zero-order chi connectivity index (χ0) is 16.4. The molecule has 0 aliphatic carbocycles. The molecule has 0 unspecified atom stereocenters. The number of rotatable bonds is 4. The lowest BCUT2D eigenvalue weighted by Crippen LogP contribution is -1.87. The van der Waals surface area contributed by atoms with Crippen LogP contribution in [0.2, 0.25) is 5.02 Å². The van der Waals surface area contributed by atoms with E-state index in [-0.39, 0.29) is 5.69 Å². The van der Waals surface area contributed by atoms with Gasteiger partial charge in [-0.3, -0.25) is 10.1 Å². The summed E-state index contributed by atoms with van der Waals surface area (Å²) in [6.07, 6.45) is 3.69. The highest BCUT2D eigenvalue weighted by atomic mass is 35.5. The Labute approximate surface area is 137 Å². The van der Waals surface area contributed by atoms with E-state index in [1.807, 2.05) is 36.4 Å². The van der Waals surface area contributed by atoms with Crippen LogP contribution in [0.5, 0.6) is 5.75 Å². The number of methoxy groups -OCH3 is 1. The van der Waals surface area contributed by atoms with Crippen LogP contribution in [0.4, 0.5) is 5.69 Å². The van der Waals surface area contributed by atoms with Crippen molar-refractivity contribution in [2.45, 2.75) is 0 Å². The molecule has 0 amide bonds. The molecule has 5 nitrogen and oxygen atoms in total. The summed E-state index contributed by atoms with van der Waals surface area (Å²) in [5, 5.41) is 12.1. The first kappa shape index (κ1) is 15.1. The van der Waals surface area contributed by atoms with E-state index in [0.29, 0.717) is 10.6 Å². The van der Waals surface area contributed by atoms with Crippen molar-refractivity contribution in [3.63, 3.8) is 0 Å². The lowest BCUT2D eigenvalue weighted by molar-refractivity contribution is -0.384. The molecular formula is C17H13ClN2O3. The van der Waals surface area contributed by atoms with Crippen molar-refractivity contribution in [3.8, 4) is 5.75 Å². The Morgan fingerprint density at radius 3 is 2.70 bits per heavy atom. The number of hydrogen-bond acceptors (Lipinski definition) is 3. The van der Waals surface area contributed by atoms with Gasteiger partial charge in [-0.1, -0.05) is 17.7 Å². The molecular weight excluding hydrogens is 316 g/mol. The number of aromatic amines is 1. The maximum atomic E-state index is 10.7. The van der Waals surface area contributed by atoms with Gasteiger partial charge >= 0.3 is 0 Å². The molecule has 0 spiro atoms. The number of fused-ring (bicyclic) bond motifs is 1. The van der Waals surface area contributed by atoms with Crippen molar-refractivity contribution in [3.05, 3.63) is 68.9 Å². The van der Waals surface area contributed by atoms with Gasteiger partial charge in [0.2, 0.25) is 0 Å². The Hall–Kier alpha value is -2.79. The molecule has 0 saturated heterocycles. The first-order valence-corrected chi connectivity index (χ1v) is 7.23. The fourth-order valence-electron chi connectivity index (χ4n) is 2.29. The van der Waals surface area contributed by atoms with Gasteiger partial charge in [-0.25, -0.2) is 0 Å². The third kappa shape index (κ3) is 3.19. The molecule has 0 aliphatic rings. The van der Waals surface area contributed by atoms with Gasteiger partial charge in [0.15, 0.2) is 0 Å². The van der Waals surface area contributed by atoms with Gasteiger partial charge in [-0.05, 0) is 42.0 Å². The Bertz CT molecular complexity index is 915. The van der Waals surface area contributed by atoms with E-state index in [4.69, 9.17) is 16.3 Å². The van der Waals surface area contributed by atoms with Crippen LogP contribution in [0.25, 0.3) is 23.1 Å². The number of nitro benzene ring substituents is 1. The second-order valence-electron chi connectivity index (χ2n) is 4.97. The van der Waals surface area contributed by atoms with Gasteiger partial charge in [0.25, 0.3) is 5.69 Å². The van der Waals surface area contributed by atoms with Gasteiger partial charge in [-0.15, -0.1) is 0 Å². The SMILES string of the molecule is COc1ccc2[nH]c(/C=C/c3ccc([N+](=O)[O-])cc3Cl)cc2c1. The third-order valence-electron chi connectivity index (χ3n) is 3.49. The van der Waals surface area contributed by atoms with Crippen LogP contribution in [0.15, 0.2) is 42.5 Å². The van der Waals surface area contributed by atoms with E-state index in [1.165, 1.54) is 12.1 Å². The quantitative estimate of drug-likeness (QED) is 0.546. The van der Waals surface area contributed by atoms with E-state index in [1.54, 1.807) is 13.2 Å². The van der Waals surface area contributed by atoms with E-state index >= 15 is 0 Å². The van der Waals surface area contributed by atoms with E-state index < -0.39 is 4.92 Å². The Morgan fingerprint density at radius 1 is 1.17 bits per heavy atom. The molecule has 6 heteroatoms. The summed E-state index contributed by atoms with van der Waals surface area (Å²) in [5.41, 5.74) is 2.60.